The Kier molecular flexibility index (Phi) is 4.28. The second-order valence-electron chi connectivity index (χ2n) is 4.38. The molecule has 1 fully saturated rings. The largest absolute Gasteiger partial charge is 0.478 e. The number of hydrogen-bond acceptors (Lipinski definition) is 3. The Balaban J connectivity index is 1.91. The third kappa shape index (κ3) is 3.27. The highest BCUT2D eigenvalue weighted by Gasteiger charge is 2.15. The summed E-state index contributed by atoms with van der Waals surface area (Å²) in [6.07, 6.45) is 2.27. The van der Waals surface area contributed by atoms with E-state index in [-0.39, 0.29) is 17.5 Å². The van der Waals surface area contributed by atoms with Crippen molar-refractivity contribution in [3.8, 4) is 0 Å². The van der Waals surface area contributed by atoms with Gasteiger partial charge in [0, 0.05) is 25.3 Å². The molecular formula is C13H16FNO3. The van der Waals surface area contributed by atoms with E-state index in [1.807, 2.05) is 0 Å². The van der Waals surface area contributed by atoms with Gasteiger partial charge in [0.25, 0.3) is 0 Å². The van der Waals surface area contributed by atoms with Crippen molar-refractivity contribution in [2.75, 3.05) is 13.2 Å². The molecule has 98 valence electrons. The maximum absolute atomic E-state index is 13.5. The summed E-state index contributed by atoms with van der Waals surface area (Å²) in [6.45, 7) is 1.76. The topological polar surface area (TPSA) is 58.6 Å². The lowest BCUT2D eigenvalue weighted by molar-refractivity contribution is 0.0696. The molecule has 2 N–H and O–H groups in total. The fourth-order valence-electron chi connectivity index (χ4n) is 2.02. The van der Waals surface area contributed by atoms with Crippen LogP contribution in [-0.2, 0) is 11.3 Å². The molecule has 1 atom stereocenters. The molecule has 1 heterocycles. The SMILES string of the molecule is O=C(O)c1ccc(F)c(CNCC2CCCO2)c1. The van der Waals surface area contributed by atoms with E-state index in [0.29, 0.717) is 18.7 Å². The van der Waals surface area contributed by atoms with Crippen molar-refractivity contribution in [2.45, 2.75) is 25.5 Å². The summed E-state index contributed by atoms with van der Waals surface area (Å²) in [5.74, 6) is -1.43. The summed E-state index contributed by atoms with van der Waals surface area (Å²) in [6, 6.07) is 3.81. The van der Waals surface area contributed by atoms with Gasteiger partial charge in [-0.15, -0.1) is 0 Å². The van der Waals surface area contributed by atoms with Gasteiger partial charge >= 0.3 is 5.97 Å². The molecule has 0 bridgehead atoms. The maximum atomic E-state index is 13.5. The number of hydrogen-bond donors (Lipinski definition) is 2. The number of benzene rings is 1. The van der Waals surface area contributed by atoms with Crippen molar-refractivity contribution in [1.29, 1.82) is 0 Å². The highest BCUT2D eigenvalue weighted by Crippen LogP contribution is 2.13. The monoisotopic (exact) mass is 253 g/mol. The summed E-state index contributed by atoms with van der Waals surface area (Å²) in [4.78, 5) is 10.8. The summed E-state index contributed by atoms with van der Waals surface area (Å²) < 4.78 is 18.9. The number of nitrogens with one attached hydrogen (secondary N) is 1. The lowest BCUT2D eigenvalue weighted by Gasteiger charge is -2.11. The minimum atomic E-state index is -1.05. The van der Waals surface area contributed by atoms with Crippen LogP contribution >= 0.6 is 0 Å². The van der Waals surface area contributed by atoms with E-state index in [4.69, 9.17) is 9.84 Å². The lowest BCUT2D eigenvalue weighted by Crippen LogP contribution is -2.26. The summed E-state index contributed by atoms with van der Waals surface area (Å²) in [5.41, 5.74) is 0.471. The van der Waals surface area contributed by atoms with Crippen molar-refractivity contribution < 1.29 is 19.0 Å². The second kappa shape index (κ2) is 5.93. The Hall–Kier alpha value is -1.46. The van der Waals surface area contributed by atoms with Crippen molar-refractivity contribution in [3.63, 3.8) is 0 Å². The molecule has 4 nitrogen and oxygen atoms in total. The van der Waals surface area contributed by atoms with Crippen LogP contribution in [0.1, 0.15) is 28.8 Å². The molecule has 1 aliphatic rings. The van der Waals surface area contributed by atoms with Crippen LogP contribution in [0.3, 0.4) is 0 Å². The first-order valence-electron chi connectivity index (χ1n) is 6.01. The highest BCUT2D eigenvalue weighted by atomic mass is 19.1. The third-order valence-corrected chi connectivity index (χ3v) is 3.00. The first-order chi connectivity index (χ1) is 8.66. The van der Waals surface area contributed by atoms with E-state index in [2.05, 4.69) is 5.32 Å². The number of aromatic carboxylic acids is 1. The molecular weight excluding hydrogens is 237 g/mol. The van der Waals surface area contributed by atoms with Gasteiger partial charge < -0.3 is 15.2 Å². The van der Waals surface area contributed by atoms with Gasteiger partial charge in [-0.05, 0) is 31.0 Å². The number of halogens is 1. The number of rotatable bonds is 5. The Labute approximate surface area is 105 Å². The third-order valence-electron chi connectivity index (χ3n) is 3.00. The van der Waals surface area contributed by atoms with Crippen LogP contribution in [0, 0.1) is 5.82 Å². The Bertz CT molecular complexity index is 430. The molecule has 1 saturated heterocycles. The fraction of sp³-hybridized carbons (Fsp3) is 0.462. The molecule has 1 aromatic rings. The molecule has 0 aliphatic carbocycles. The Morgan fingerprint density at radius 1 is 1.56 bits per heavy atom. The van der Waals surface area contributed by atoms with Crippen LogP contribution in [-0.4, -0.2) is 30.3 Å². The van der Waals surface area contributed by atoms with Gasteiger partial charge in [0.1, 0.15) is 5.82 Å². The molecule has 5 heteroatoms. The maximum Gasteiger partial charge on any atom is 0.335 e. The van der Waals surface area contributed by atoms with E-state index in [9.17, 15) is 9.18 Å². The molecule has 0 aromatic heterocycles. The van der Waals surface area contributed by atoms with E-state index in [0.717, 1.165) is 19.4 Å². The average molecular weight is 253 g/mol. The first-order valence-corrected chi connectivity index (χ1v) is 6.01. The number of carbonyl (C=O) groups is 1. The van der Waals surface area contributed by atoms with Crippen LogP contribution in [0.15, 0.2) is 18.2 Å². The van der Waals surface area contributed by atoms with Crippen LogP contribution in [0.25, 0.3) is 0 Å². The predicted octanol–water partition coefficient (Wildman–Crippen LogP) is 1.79. The van der Waals surface area contributed by atoms with Gasteiger partial charge in [0.2, 0.25) is 0 Å². The van der Waals surface area contributed by atoms with Crippen LogP contribution in [0.4, 0.5) is 4.39 Å². The Morgan fingerprint density at radius 2 is 2.39 bits per heavy atom. The molecule has 0 radical (unpaired) electrons. The number of carboxylic acids is 1. The van der Waals surface area contributed by atoms with E-state index >= 15 is 0 Å². The standard InChI is InChI=1S/C13H16FNO3/c14-12-4-3-9(13(16)17)6-10(12)7-15-8-11-2-1-5-18-11/h3-4,6,11,15H,1-2,5,7-8H2,(H,16,17). The fourth-order valence-corrected chi connectivity index (χ4v) is 2.02. The zero-order valence-electron chi connectivity index (χ0n) is 9.99. The second-order valence-corrected chi connectivity index (χ2v) is 4.38. The minimum Gasteiger partial charge on any atom is -0.478 e. The van der Waals surface area contributed by atoms with E-state index in [1.54, 1.807) is 0 Å². The molecule has 1 aliphatic heterocycles. The van der Waals surface area contributed by atoms with E-state index < -0.39 is 5.97 Å². The first kappa shape index (κ1) is 13.0. The van der Waals surface area contributed by atoms with Gasteiger partial charge in [0.05, 0.1) is 11.7 Å². The van der Waals surface area contributed by atoms with Gasteiger partial charge in [-0.2, -0.15) is 0 Å². The lowest BCUT2D eigenvalue weighted by atomic mass is 10.1. The molecule has 0 spiro atoms. The molecule has 1 unspecified atom stereocenters. The molecule has 1 aromatic carbocycles. The zero-order valence-corrected chi connectivity index (χ0v) is 9.99. The molecule has 18 heavy (non-hydrogen) atoms. The van der Waals surface area contributed by atoms with Gasteiger partial charge in [0.15, 0.2) is 0 Å². The normalized spacial score (nSPS) is 19.1. The van der Waals surface area contributed by atoms with Crippen molar-refractivity contribution in [1.82, 2.24) is 5.32 Å². The van der Waals surface area contributed by atoms with Crippen molar-refractivity contribution >= 4 is 5.97 Å². The van der Waals surface area contributed by atoms with Gasteiger partial charge in [-0.3, -0.25) is 0 Å². The molecule has 2 rings (SSSR count). The van der Waals surface area contributed by atoms with Crippen LogP contribution < -0.4 is 5.32 Å². The summed E-state index contributed by atoms with van der Waals surface area (Å²) in [5, 5.41) is 11.9. The van der Waals surface area contributed by atoms with Gasteiger partial charge in [-0.1, -0.05) is 0 Å². The smallest absolute Gasteiger partial charge is 0.335 e. The number of ether oxygens (including phenoxy) is 1. The zero-order chi connectivity index (χ0) is 13.0. The summed E-state index contributed by atoms with van der Waals surface area (Å²) in [7, 11) is 0. The quantitative estimate of drug-likeness (QED) is 0.840. The van der Waals surface area contributed by atoms with E-state index in [1.165, 1.54) is 18.2 Å². The minimum absolute atomic E-state index is 0.102. The van der Waals surface area contributed by atoms with Crippen LogP contribution in [0.5, 0.6) is 0 Å². The molecule has 0 saturated carbocycles. The highest BCUT2D eigenvalue weighted by molar-refractivity contribution is 5.87. The molecule has 0 amide bonds. The summed E-state index contributed by atoms with van der Waals surface area (Å²) >= 11 is 0. The van der Waals surface area contributed by atoms with Crippen molar-refractivity contribution in [3.05, 3.63) is 35.1 Å². The predicted molar refractivity (Wildman–Crippen MR) is 64.0 cm³/mol. The van der Waals surface area contributed by atoms with Crippen molar-refractivity contribution in [2.24, 2.45) is 0 Å². The average Bonchev–Trinajstić information content (AvgIpc) is 2.84. The van der Waals surface area contributed by atoms with Crippen LogP contribution in [0.2, 0.25) is 0 Å². The Morgan fingerprint density at radius 3 is 3.06 bits per heavy atom. The van der Waals surface area contributed by atoms with Gasteiger partial charge in [-0.25, -0.2) is 9.18 Å². The number of carboxylic acid groups (broad SMARTS) is 1.